The largest absolute Gasteiger partial charge is 0.491 e. The maximum Gasteiger partial charge on any atom is 0.411 e. The summed E-state index contributed by atoms with van der Waals surface area (Å²) in [5, 5.41) is 9.28. The lowest BCUT2D eigenvalue weighted by atomic mass is 10.1. The second kappa shape index (κ2) is 12.2. The van der Waals surface area contributed by atoms with E-state index in [-0.39, 0.29) is 36.7 Å². The minimum atomic E-state index is -0.805. The number of nitrogens with zero attached hydrogens (tertiary/aromatic N) is 5. The van der Waals surface area contributed by atoms with E-state index in [0.29, 0.717) is 27.9 Å². The van der Waals surface area contributed by atoms with Crippen molar-refractivity contribution >= 4 is 35.2 Å². The summed E-state index contributed by atoms with van der Waals surface area (Å²) in [6.45, 7) is 9.50. The molecule has 1 aliphatic rings. The molecule has 220 valence electrons. The molecule has 0 spiro atoms. The molecule has 2 aromatic carbocycles. The van der Waals surface area contributed by atoms with Crippen molar-refractivity contribution in [1.82, 2.24) is 24.8 Å². The molecule has 1 fully saturated rings. The van der Waals surface area contributed by atoms with Crippen LogP contribution in [0.15, 0.2) is 42.6 Å². The number of ether oxygens (including phenoxy) is 2. The van der Waals surface area contributed by atoms with Gasteiger partial charge in [0.05, 0.1) is 34.9 Å². The van der Waals surface area contributed by atoms with Gasteiger partial charge in [0, 0.05) is 25.6 Å². The second-order valence-corrected chi connectivity index (χ2v) is 11.8. The van der Waals surface area contributed by atoms with E-state index in [4.69, 9.17) is 32.7 Å². The summed E-state index contributed by atoms with van der Waals surface area (Å²) in [5.41, 5.74) is 1.04. The van der Waals surface area contributed by atoms with Gasteiger partial charge >= 0.3 is 6.09 Å². The first-order chi connectivity index (χ1) is 19.3. The van der Waals surface area contributed by atoms with Crippen LogP contribution in [0.3, 0.4) is 0 Å². The highest BCUT2D eigenvalue weighted by Gasteiger charge is 2.44. The highest BCUT2D eigenvalue weighted by atomic mass is 35.5. The van der Waals surface area contributed by atoms with Crippen LogP contribution >= 0.6 is 23.2 Å². The second-order valence-electron chi connectivity index (χ2n) is 11.0. The number of likely N-dealkylation sites (N-methyl/N-ethyl adjacent to an activating group) is 1. The maximum absolute atomic E-state index is 14.5. The van der Waals surface area contributed by atoms with E-state index in [1.54, 1.807) is 74.8 Å². The van der Waals surface area contributed by atoms with Crippen LogP contribution < -0.4 is 4.74 Å². The van der Waals surface area contributed by atoms with Crippen LogP contribution in [-0.4, -0.2) is 68.6 Å². The number of rotatable bonds is 7. The number of hydrogen-bond acceptors (Lipinski definition) is 6. The summed E-state index contributed by atoms with van der Waals surface area (Å²) in [7, 11) is 1.68. The van der Waals surface area contributed by atoms with Crippen molar-refractivity contribution in [3.05, 3.63) is 64.0 Å². The highest BCUT2D eigenvalue weighted by molar-refractivity contribution is 6.42. The number of likely N-dealkylation sites (tertiary alicyclic amines) is 1. The van der Waals surface area contributed by atoms with Gasteiger partial charge in [-0.3, -0.25) is 9.69 Å². The molecule has 12 heteroatoms. The number of benzene rings is 2. The Morgan fingerprint density at radius 1 is 1.17 bits per heavy atom. The lowest BCUT2D eigenvalue weighted by Crippen LogP contribution is -2.48. The van der Waals surface area contributed by atoms with Gasteiger partial charge in [-0.1, -0.05) is 34.5 Å². The molecule has 2 heterocycles. The quantitative estimate of drug-likeness (QED) is 0.303. The van der Waals surface area contributed by atoms with E-state index in [1.807, 2.05) is 13.0 Å². The summed E-state index contributed by atoms with van der Waals surface area (Å²) in [6.07, 6.45) is 1.38. The smallest absolute Gasteiger partial charge is 0.411 e. The molecule has 3 aromatic rings. The zero-order valence-electron chi connectivity index (χ0n) is 23.9. The van der Waals surface area contributed by atoms with E-state index in [9.17, 15) is 14.0 Å². The Labute approximate surface area is 249 Å². The van der Waals surface area contributed by atoms with Gasteiger partial charge in [-0.2, -0.15) is 0 Å². The number of carbonyl (C=O) groups excluding carboxylic acids is 2. The van der Waals surface area contributed by atoms with Gasteiger partial charge in [-0.25, -0.2) is 13.9 Å². The highest BCUT2D eigenvalue weighted by Crippen LogP contribution is 2.34. The topological polar surface area (TPSA) is 89.8 Å². The molecule has 9 nitrogen and oxygen atoms in total. The molecule has 0 aliphatic carbocycles. The fourth-order valence-corrected chi connectivity index (χ4v) is 5.01. The zero-order valence-corrected chi connectivity index (χ0v) is 25.4. The van der Waals surface area contributed by atoms with Crippen molar-refractivity contribution < 1.29 is 23.5 Å². The van der Waals surface area contributed by atoms with E-state index in [0.717, 1.165) is 5.56 Å². The Morgan fingerprint density at radius 3 is 2.54 bits per heavy atom. The molecule has 1 aromatic heterocycles. The van der Waals surface area contributed by atoms with Crippen molar-refractivity contribution in [2.45, 2.75) is 64.8 Å². The third-order valence-electron chi connectivity index (χ3n) is 6.96. The standard InChI is InChI=1S/C29H34Cl2FN5O4/c1-7-40-26-11-9-19(13-23(26)32)24-16-37(34-33-24)20-14-25(36(15-20)28(39)41-29(3,4)5)27(38)35(6)17(2)18-8-10-21(30)22(31)12-18/h8-13,16-17,20,25H,7,14-15H2,1-6H3/t17?,20?,25-/m0/s1. The number of amides is 2. The molecule has 2 unspecified atom stereocenters. The third-order valence-corrected chi connectivity index (χ3v) is 7.70. The third kappa shape index (κ3) is 6.93. The van der Waals surface area contributed by atoms with Crippen molar-refractivity contribution in [2.75, 3.05) is 20.2 Å². The van der Waals surface area contributed by atoms with E-state index < -0.39 is 23.6 Å². The summed E-state index contributed by atoms with van der Waals surface area (Å²) in [6, 6.07) is 8.30. The Hall–Kier alpha value is -3.37. The fraction of sp³-hybridized carbons (Fsp3) is 0.448. The van der Waals surface area contributed by atoms with Crippen LogP contribution in [0.5, 0.6) is 5.75 Å². The number of aromatic nitrogens is 3. The minimum absolute atomic E-state index is 0.160. The first kappa shape index (κ1) is 30.6. The Balaban J connectivity index is 1.58. The molecule has 2 amide bonds. The normalized spacial score (nSPS) is 17.8. The Bertz CT molecular complexity index is 1430. The van der Waals surface area contributed by atoms with Crippen molar-refractivity contribution in [2.24, 2.45) is 0 Å². The molecule has 4 rings (SSSR count). The predicted molar refractivity (Wildman–Crippen MR) is 155 cm³/mol. The van der Waals surface area contributed by atoms with Gasteiger partial charge in [-0.15, -0.1) is 5.10 Å². The molecular weight excluding hydrogens is 572 g/mol. The SMILES string of the molecule is CCOc1ccc(-c2cn(C3C[C@@H](C(=O)N(C)C(C)c4ccc(Cl)c(Cl)c4)N(C(=O)OC(C)(C)C)C3)nn2)cc1F. The zero-order chi connectivity index (χ0) is 30.1. The first-order valence-corrected chi connectivity index (χ1v) is 14.1. The van der Waals surface area contributed by atoms with Gasteiger partial charge in [0.2, 0.25) is 5.91 Å². The molecular formula is C29H34Cl2FN5O4. The Kier molecular flexibility index (Phi) is 9.13. The molecule has 1 saturated heterocycles. The molecule has 0 bridgehead atoms. The van der Waals surface area contributed by atoms with Gasteiger partial charge in [0.15, 0.2) is 11.6 Å². The fourth-order valence-electron chi connectivity index (χ4n) is 4.70. The predicted octanol–water partition coefficient (Wildman–Crippen LogP) is 6.56. The van der Waals surface area contributed by atoms with Crippen LogP contribution in [0.2, 0.25) is 10.0 Å². The average Bonchev–Trinajstić information content (AvgIpc) is 3.57. The lowest BCUT2D eigenvalue weighted by molar-refractivity contribution is -0.136. The monoisotopic (exact) mass is 605 g/mol. The average molecular weight is 607 g/mol. The summed E-state index contributed by atoms with van der Waals surface area (Å²) >= 11 is 12.3. The van der Waals surface area contributed by atoms with Crippen molar-refractivity contribution in [1.29, 1.82) is 0 Å². The van der Waals surface area contributed by atoms with Crippen LogP contribution in [0.4, 0.5) is 9.18 Å². The van der Waals surface area contributed by atoms with Crippen LogP contribution in [-0.2, 0) is 9.53 Å². The van der Waals surface area contributed by atoms with Gasteiger partial charge in [0.25, 0.3) is 0 Å². The molecule has 0 N–H and O–H groups in total. The van der Waals surface area contributed by atoms with Crippen LogP contribution in [0.1, 0.15) is 58.7 Å². The number of hydrogen-bond donors (Lipinski definition) is 0. The van der Waals surface area contributed by atoms with Crippen LogP contribution in [0, 0.1) is 5.82 Å². The maximum atomic E-state index is 14.5. The van der Waals surface area contributed by atoms with Crippen molar-refractivity contribution in [3.63, 3.8) is 0 Å². The molecule has 0 saturated carbocycles. The minimum Gasteiger partial charge on any atom is -0.491 e. The summed E-state index contributed by atoms with van der Waals surface area (Å²) in [5.74, 6) is -0.598. The summed E-state index contributed by atoms with van der Waals surface area (Å²) in [4.78, 5) is 30.1. The molecule has 0 radical (unpaired) electrons. The van der Waals surface area contributed by atoms with E-state index >= 15 is 0 Å². The van der Waals surface area contributed by atoms with Gasteiger partial charge in [-0.05, 0) is 70.5 Å². The van der Waals surface area contributed by atoms with Crippen molar-refractivity contribution in [3.8, 4) is 17.0 Å². The van der Waals surface area contributed by atoms with Crippen LogP contribution in [0.25, 0.3) is 11.3 Å². The summed E-state index contributed by atoms with van der Waals surface area (Å²) < 4.78 is 27.0. The first-order valence-electron chi connectivity index (χ1n) is 13.3. The van der Waals surface area contributed by atoms with E-state index in [1.165, 1.54) is 11.0 Å². The van der Waals surface area contributed by atoms with E-state index in [2.05, 4.69) is 10.3 Å². The number of carbonyl (C=O) groups is 2. The molecule has 41 heavy (non-hydrogen) atoms. The Morgan fingerprint density at radius 2 is 1.90 bits per heavy atom. The number of halogens is 3. The lowest BCUT2D eigenvalue weighted by Gasteiger charge is -2.32. The van der Waals surface area contributed by atoms with Gasteiger partial charge < -0.3 is 14.4 Å². The molecule has 1 aliphatic heterocycles. The van der Waals surface area contributed by atoms with Gasteiger partial charge in [0.1, 0.15) is 17.3 Å². The molecule has 3 atom stereocenters.